The van der Waals surface area contributed by atoms with E-state index in [2.05, 4.69) is 22.8 Å². The van der Waals surface area contributed by atoms with Crippen LogP contribution in [0.2, 0.25) is 10.0 Å². The molecule has 0 fully saturated rings. The highest BCUT2D eigenvalue weighted by Crippen LogP contribution is 2.41. The summed E-state index contributed by atoms with van der Waals surface area (Å²) >= 11 is 12.6. The van der Waals surface area contributed by atoms with E-state index in [1.807, 2.05) is 44.2 Å². The van der Waals surface area contributed by atoms with E-state index in [1.54, 1.807) is 0 Å². The van der Waals surface area contributed by atoms with Gasteiger partial charge in [0.1, 0.15) is 5.75 Å². The number of aryl methyl sites for hydroxylation is 2. The predicted octanol–water partition coefficient (Wildman–Crippen LogP) is 6.04. The summed E-state index contributed by atoms with van der Waals surface area (Å²) in [5, 5.41) is 14.6. The molecule has 0 aliphatic heterocycles. The monoisotopic (exact) mass is 458 g/mol. The first-order chi connectivity index (χ1) is 14.7. The van der Waals surface area contributed by atoms with E-state index < -0.39 is 11.9 Å². The zero-order valence-corrected chi connectivity index (χ0v) is 18.3. The Labute approximate surface area is 189 Å². The lowest BCUT2D eigenvalue weighted by Gasteiger charge is -2.17. The molecule has 0 unspecified atom stereocenters. The smallest absolute Gasteiger partial charge is 0.394 e. The number of carbonyl (C=O) groups excluding carboxylic acids is 1. The number of aliphatic carboxylic acids is 1. The molecule has 0 radical (unpaired) electrons. The van der Waals surface area contributed by atoms with Crippen molar-refractivity contribution >= 4 is 46.5 Å². The highest BCUT2D eigenvalue weighted by Gasteiger charge is 2.17. The van der Waals surface area contributed by atoms with Crippen molar-refractivity contribution in [3.63, 3.8) is 0 Å². The minimum atomic E-state index is -1.61. The van der Waals surface area contributed by atoms with Crippen molar-refractivity contribution in [1.29, 1.82) is 0 Å². The lowest BCUT2D eigenvalue weighted by Crippen LogP contribution is -2.21. The molecule has 3 aromatic rings. The number of rotatable bonds is 6. The summed E-state index contributed by atoms with van der Waals surface area (Å²) in [5.41, 5.74) is 4.04. The maximum Gasteiger partial charge on any atom is 0.394 e. The number of benzene rings is 3. The molecule has 0 saturated heterocycles. The Morgan fingerprint density at radius 3 is 2.03 bits per heavy atom. The number of ether oxygens (including phenoxy) is 1. The molecule has 6 nitrogen and oxygen atoms in total. The summed E-state index contributed by atoms with van der Waals surface area (Å²) in [6.07, 6.45) is 0. The van der Waals surface area contributed by atoms with E-state index in [-0.39, 0.29) is 21.5 Å². The summed E-state index contributed by atoms with van der Waals surface area (Å²) in [5.74, 6) is -1.98. The molecular weight excluding hydrogens is 439 g/mol. The maximum absolute atomic E-state index is 11.3. The molecule has 1 amide bonds. The van der Waals surface area contributed by atoms with Crippen molar-refractivity contribution in [1.82, 2.24) is 0 Å². The lowest BCUT2D eigenvalue weighted by atomic mass is 10.1. The Morgan fingerprint density at radius 1 is 0.903 bits per heavy atom. The van der Waals surface area contributed by atoms with Gasteiger partial charge in [-0.3, -0.25) is 4.79 Å². The number of hydrogen-bond acceptors (Lipinski definition) is 4. The number of amides is 1. The van der Waals surface area contributed by atoms with Crippen LogP contribution >= 0.6 is 23.2 Å². The number of halogens is 2. The number of carboxylic acids is 1. The standard InChI is InChI=1S/C23H20Cl2N2O4/c1-13-8-16(26-12-15-6-4-3-5-7-15)9-14(2)20(13)31-21-18(24)10-17(11-19(21)25)27-22(28)23(29)30/h3-11,26H,12H2,1-2H3,(H,27,28)(H,29,30). The Kier molecular flexibility index (Phi) is 7.05. The van der Waals surface area contributed by atoms with E-state index in [9.17, 15) is 9.59 Å². The average molecular weight is 459 g/mol. The van der Waals surface area contributed by atoms with Gasteiger partial charge in [0.15, 0.2) is 5.75 Å². The van der Waals surface area contributed by atoms with Crippen LogP contribution in [-0.4, -0.2) is 17.0 Å². The van der Waals surface area contributed by atoms with Gasteiger partial charge in [-0.2, -0.15) is 0 Å². The second kappa shape index (κ2) is 9.73. The van der Waals surface area contributed by atoms with Gasteiger partial charge in [-0.1, -0.05) is 53.5 Å². The van der Waals surface area contributed by atoms with Gasteiger partial charge in [0.05, 0.1) is 10.0 Å². The van der Waals surface area contributed by atoms with Gasteiger partial charge in [-0.15, -0.1) is 0 Å². The molecule has 0 saturated carbocycles. The first-order valence-corrected chi connectivity index (χ1v) is 10.1. The van der Waals surface area contributed by atoms with Crippen LogP contribution in [0.5, 0.6) is 11.5 Å². The Morgan fingerprint density at radius 2 is 1.48 bits per heavy atom. The van der Waals surface area contributed by atoms with E-state index >= 15 is 0 Å². The first-order valence-electron chi connectivity index (χ1n) is 9.35. The molecule has 8 heteroatoms. The fourth-order valence-electron chi connectivity index (χ4n) is 3.03. The molecule has 0 bridgehead atoms. The third kappa shape index (κ3) is 5.69. The highest BCUT2D eigenvalue weighted by atomic mass is 35.5. The lowest BCUT2D eigenvalue weighted by molar-refractivity contribution is -0.147. The molecular formula is C23H20Cl2N2O4. The third-order valence-electron chi connectivity index (χ3n) is 4.45. The molecule has 0 aliphatic rings. The largest absolute Gasteiger partial charge is 0.474 e. The molecule has 0 heterocycles. The third-order valence-corrected chi connectivity index (χ3v) is 5.02. The van der Waals surface area contributed by atoms with Crippen LogP contribution in [0.3, 0.4) is 0 Å². The van der Waals surface area contributed by atoms with Crippen LogP contribution in [0.1, 0.15) is 16.7 Å². The number of nitrogens with one attached hydrogen (secondary N) is 2. The molecule has 160 valence electrons. The fraction of sp³-hybridized carbons (Fsp3) is 0.130. The van der Waals surface area contributed by atoms with Crippen LogP contribution in [0.15, 0.2) is 54.6 Å². The van der Waals surface area contributed by atoms with Gasteiger partial charge in [0.2, 0.25) is 0 Å². The molecule has 0 aliphatic carbocycles. The van der Waals surface area contributed by atoms with Crippen LogP contribution < -0.4 is 15.4 Å². The topological polar surface area (TPSA) is 87.7 Å². The number of anilines is 2. The van der Waals surface area contributed by atoms with E-state index in [0.717, 1.165) is 16.8 Å². The minimum absolute atomic E-state index is 0.137. The fourth-order valence-corrected chi connectivity index (χ4v) is 3.59. The van der Waals surface area contributed by atoms with Crippen molar-refractivity contribution < 1.29 is 19.4 Å². The number of carbonyl (C=O) groups is 2. The SMILES string of the molecule is Cc1cc(NCc2ccccc2)cc(C)c1Oc1c(Cl)cc(NC(=O)C(=O)O)cc1Cl. The van der Waals surface area contributed by atoms with Crippen LogP contribution in [0.4, 0.5) is 11.4 Å². The summed E-state index contributed by atoms with van der Waals surface area (Å²) in [6.45, 7) is 4.53. The zero-order chi connectivity index (χ0) is 22.5. The van der Waals surface area contributed by atoms with Gasteiger partial charge in [0.25, 0.3) is 0 Å². The number of carboxylic acid groups (broad SMARTS) is 1. The normalized spacial score (nSPS) is 10.5. The van der Waals surface area contributed by atoms with Crippen LogP contribution in [0.25, 0.3) is 0 Å². The van der Waals surface area contributed by atoms with E-state index in [1.165, 1.54) is 17.7 Å². The highest BCUT2D eigenvalue weighted by molar-refractivity contribution is 6.39. The molecule has 31 heavy (non-hydrogen) atoms. The van der Waals surface area contributed by atoms with Gasteiger partial charge >= 0.3 is 11.9 Å². The van der Waals surface area contributed by atoms with Crippen molar-refractivity contribution in [2.75, 3.05) is 10.6 Å². The average Bonchev–Trinajstić information content (AvgIpc) is 2.71. The van der Waals surface area contributed by atoms with E-state index in [0.29, 0.717) is 12.3 Å². The molecule has 3 rings (SSSR count). The Hall–Kier alpha value is -3.22. The van der Waals surface area contributed by atoms with Gasteiger partial charge in [-0.05, 0) is 54.8 Å². The zero-order valence-electron chi connectivity index (χ0n) is 16.8. The van der Waals surface area contributed by atoms with Crippen LogP contribution in [-0.2, 0) is 16.1 Å². The number of hydrogen-bond donors (Lipinski definition) is 3. The summed E-state index contributed by atoms with van der Waals surface area (Å²) in [4.78, 5) is 22.0. The molecule has 0 spiro atoms. The molecule has 0 atom stereocenters. The van der Waals surface area contributed by atoms with Crippen molar-refractivity contribution in [3.05, 3.63) is 81.3 Å². The van der Waals surface area contributed by atoms with Crippen molar-refractivity contribution in [2.45, 2.75) is 20.4 Å². The summed E-state index contributed by atoms with van der Waals surface area (Å²) < 4.78 is 6.01. The predicted molar refractivity (Wildman–Crippen MR) is 122 cm³/mol. The van der Waals surface area contributed by atoms with Crippen molar-refractivity contribution in [3.8, 4) is 11.5 Å². The van der Waals surface area contributed by atoms with Crippen LogP contribution in [0, 0.1) is 13.8 Å². The summed E-state index contributed by atoms with van der Waals surface area (Å²) in [7, 11) is 0. The van der Waals surface area contributed by atoms with Crippen molar-refractivity contribution in [2.24, 2.45) is 0 Å². The minimum Gasteiger partial charge on any atom is -0.474 e. The second-order valence-electron chi connectivity index (χ2n) is 6.91. The first kappa shape index (κ1) is 22.5. The molecule has 3 N–H and O–H groups in total. The quantitative estimate of drug-likeness (QED) is 0.392. The van der Waals surface area contributed by atoms with Gasteiger partial charge < -0.3 is 20.5 Å². The Balaban J connectivity index is 1.79. The van der Waals surface area contributed by atoms with Gasteiger partial charge in [-0.25, -0.2) is 4.79 Å². The summed E-state index contributed by atoms with van der Waals surface area (Å²) in [6, 6.07) is 16.8. The van der Waals surface area contributed by atoms with Gasteiger partial charge in [0, 0.05) is 17.9 Å². The molecule has 0 aromatic heterocycles. The second-order valence-corrected chi connectivity index (χ2v) is 7.72. The molecule has 3 aromatic carbocycles. The van der Waals surface area contributed by atoms with E-state index in [4.69, 9.17) is 33.0 Å². The maximum atomic E-state index is 11.3. The Bertz CT molecular complexity index is 1090.